The molecule has 3 nitrogen and oxygen atoms in total. The fourth-order valence-electron chi connectivity index (χ4n) is 1.48. The quantitative estimate of drug-likeness (QED) is 0.815. The van der Waals surface area contributed by atoms with E-state index in [1.54, 1.807) is 11.3 Å². The van der Waals surface area contributed by atoms with Gasteiger partial charge in [0.25, 0.3) is 0 Å². The number of hydrogen-bond acceptors (Lipinski definition) is 4. The largest absolute Gasteiger partial charge is 0.300 e. The Balaban J connectivity index is 2.46. The summed E-state index contributed by atoms with van der Waals surface area (Å²) in [5.41, 5.74) is 2.24. The van der Waals surface area contributed by atoms with E-state index in [-0.39, 0.29) is 5.41 Å². The van der Waals surface area contributed by atoms with Crippen LogP contribution in [-0.2, 0) is 16.9 Å². The second-order valence-corrected chi connectivity index (χ2v) is 5.91. The smallest absolute Gasteiger partial charge is 0.0992 e. The third-order valence-corrected chi connectivity index (χ3v) is 3.79. The maximum atomic E-state index is 5.07. The highest BCUT2D eigenvalue weighted by atomic mass is 32.1. The molecule has 0 amide bonds. The van der Waals surface area contributed by atoms with E-state index in [0.29, 0.717) is 6.61 Å². The third kappa shape index (κ3) is 2.24. The summed E-state index contributed by atoms with van der Waals surface area (Å²) in [7, 11) is 0. The Morgan fingerprint density at radius 1 is 1.38 bits per heavy atom. The molecule has 0 radical (unpaired) electrons. The lowest BCUT2D eigenvalue weighted by atomic mass is 9.98. The maximum absolute atomic E-state index is 5.07. The Kier molecular flexibility index (Phi) is 2.97. The molecule has 0 aliphatic carbocycles. The molecular weight excluding hydrogens is 220 g/mol. The number of hydrogen-bond donors (Lipinski definition) is 1. The monoisotopic (exact) mass is 236 g/mol. The average molecular weight is 236 g/mol. The predicted octanol–water partition coefficient (Wildman–Crippen LogP) is 2.98. The number of thiazole rings is 1. The molecule has 1 heterocycles. The first kappa shape index (κ1) is 11.5. The first-order chi connectivity index (χ1) is 7.50. The minimum atomic E-state index is 0.105. The zero-order valence-electron chi connectivity index (χ0n) is 9.78. The van der Waals surface area contributed by atoms with E-state index in [9.17, 15) is 0 Å². The lowest BCUT2D eigenvalue weighted by Crippen LogP contribution is -2.09. The van der Waals surface area contributed by atoms with Crippen LogP contribution >= 0.6 is 11.3 Å². The SMILES string of the molecule is CC(C)(C)c1nc2ccc(CON)cc2s1. The molecule has 0 spiro atoms. The van der Waals surface area contributed by atoms with E-state index in [1.807, 2.05) is 12.1 Å². The van der Waals surface area contributed by atoms with Gasteiger partial charge in [0.15, 0.2) is 0 Å². The van der Waals surface area contributed by atoms with Gasteiger partial charge in [-0.1, -0.05) is 26.8 Å². The van der Waals surface area contributed by atoms with Crippen molar-refractivity contribution < 1.29 is 4.84 Å². The lowest BCUT2D eigenvalue weighted by Gasteiger charge is -2.13. The maximum Gasteiger partial charge on any atom is 0.0992 e. The van der Waals surface area contributed by atoms with Crippen LogP contribution in [0.5, 0.6) is 0 Å². The Morgan fingerprint density at radius 2 is 2.12 bits per heavy atom. The summed E-state index contributed by atoms with van der Waals surface area (Å²) in [5, 5.41) is 1.16. The number of aromatic nitrogens is 1. The van der Waals surface area contributed by atoms with Crippen LogP contribution in [0.2, 0.25) is 0 Å². The average Bonchev–Trinajstić information content (AvgIpc) is 2.60. The molecule has 2 rings (SSSR count). The van der Waals surface area contributed by atoms with E-state index in [2.05, 4.69) is 36.7 Å². The van der Waals surface area contributed by atoms with Gasteiger partial charge in [-0.2, -0.15) is 0 Å². The highest BCUT2D eigenvalue weighted by Gasteiger charge is 2.18. The van der Waals surface area contributed by atoms with Crippen molar-refractivity contribution in [1.29, 1.82) is 0 Å². The van der Waals surface area contributed by atoms with Crippen LogP contribution < -0.4 is 5.90 Å². The Hall–Kier alpha value is -0.970. The van der Waals surface area contributed by atoms with E-state index < -0.39 is 0 Å². The Morgan fingerprint density at radius 3 is 2.75 bits per heavy atom. The summed E-state index contributed by atoms with van der Waals surface area (Å²) < 4.78 is 1.19. The van der Waals surface area contributed by atoms with Crippen molar-refractivity contribution in [3.8, 4) is 0 Å². The zero-order valence-corrected chi connectivity index (χ0v) is 10.6. The summed E-state index contributed by atoms with van der Waals surface area (Å²) in [6, 6.07) is 6.12. The van der Waals surface area contributed by atoms with Crippen LogP contribution in [0.1, 0.15) is 31.3 Å². The van der Waals surface area contributed by atoms with Gasteiger partial charge in [0.1, 0.15) is 0 Å². The molecule has 1 aromatic heterocycles. The van der Waals surface area contributed by atoms with Gasteiger partial charge in [-0.25, -0.2) is 10.9 Å². The highest BCUT2D eigenvalue weighted by molar-refractivity contribution is 7.18. The molecule has 2 N–H and O–H groups in total. The number of benzene rings is 1. The minimum absolute atomic E-state index is 0.105. The Bertz CT molecular complexity index is 499. The van der Waals surface area contributed by atoms with Crippen molar-refractivity contribution in [1.82, 2.24) is 4.98 Å². The van der Waals surface area contributed by atoms with E-state index in [4.69, 9.17) is 5.90 Å². The number of rotatable bonds is 2. The van der Waals surface area contributed by atoms with Gasteiger partial charge in [-0.3, -0.25) is 4.84 Å². The summed E-state index contributed by atoms with van der Waals surface area (Å²) in [5.74, 6) is 5.07. The molecule has 2 aromatic rings. The Labute approximate surface area is 99.2 Å². The summed E-state index contributed by atoms with van der Waals surface area (Å²) >= 11 is 1.74. The predicted molar refractivity (Wildman–Crippen MR) is 67.3 cm³/mol. The molecule has 0 unspecified atom stereocenters. The molecule has 0 saturated heterocycles. The van der Waals surface area contributed by atoms with Crippen molar-refractivity contribution in [3.05, 3.63) is 28.8 Å². The van der Waals surface area contributed by atoms with Gasteiger partial charge in [0.05, 0.1) is 21.8 Å². The van der Waals surface area contributed by atoms with Crippen LogP contribution in [0.25, 0.3) is 10.2 Å². The van der Waals surface area contributed by atoms with E-state index in [0.717, 1.165) is 16.1 Å². The number of nitrogens with two attached hydrogens (primary N) is 1. The fourth-order valence-corrected chi connectivity index (χ4v) is 2.56. The first-order valence-electron chi connectivity index (χ1n) is 5.22. The van der Waals surface area contributed by atoms with E-state index >= 15 is 0 Å². The van der Waals surface area contributed by atoms with Gasteiger partial charge in [-0.15, -0.1) is 11.3 Å². The molecule has 0 bridgehead atoms. The van der Waals surface area contributed by atoms with Crippen LogP contribution in [0.15, 0.2) is 18.2 Å². The minimum Gasteiger partial charge on any atom is -0.300 e. The van der Waals surface area contributed by atoms with Crippen LogP contribution in [-0.4, -0.2) is 4.98 Å². The fraction of sp³-hybridized carbons (Fsp3) is 0.417. The third-order valence-electron chi connectivity index (χ3n) is 2.34. The van der Waals surface area contributed by atoms with Crippen molar-refractivity contribution in [2.24, 2.45) is 5.90 Å². The summed E-state index contributed by atoms with van der Waals surface area (Å²) in [6.07, 6.45) is 0. The number of fused-ring (bicyclic) bond motifs is 1. The second kappa shape index (κ2) is 4.13. The molecular formula is C12H16N2OS. The van der Waals surface area contributed by atoms with Crippen molar-refractivity contribution in [2.45, 2.75) is 32.8 Å². The molecule has 0 saturated carbocycles. The van der Waals surface area contributed by atoms with Crippen LogP contribution in [0.4, 0.5) is 0 Å². The molecule has 4 heteroatoms. The highest BCUT2D eigenvalue weighted by Crippen LogP contribution is 2.31. The topological polar surface area (TPSA) is 48.1 Å². The van der Waals surface area contributed by atoms with Gasteiger partial charge >= 0.3 is 0 Å². The first-order valence-corrected chi connectivity index (χ1v) is 6.04. The molecule has 1 aromatic carbocycles. The second-order valence-electron chi connectivity index (χ2n) is 4.88. The molecule has 0 fully saturated rings. The molecule has 16 heavy (non-hydrogen) atoms. The van der Waals surface area contributed by atoms with Crippen molar-refractivity contribution in [2.75, 3.05) is 0 Å². The number of nitrogens with zero attached hydrogens (tertiary/aromatic N) is 1. The normalized spacial score (nSPS) is 12.2. The molecule has 86 valence electrons. The standard InChI is InChI=1S/C12H16N2OS/c1-12(2,3)11-14-9-5-4-8(7-15-13)6-10(9)16-11/h4-6H,7,13H2,1-3H3. The zero-order chi connectivity index (χ0) is 11.8. The van der Waals surface area contributed by atoms with Crippen molar-refractivity contribution >= 4 is 21.6 Å². The van der Waals surface area contributed by atoms with Crippen LogP contribution in [0.3, 0.4) is 0 Å². The van der Waals surface area contributed by atoms with Gasteiger partial charge in [0, 0.05) is 5.41 Å². The lowest BCUT2D eigenvalue weighted by molar-refractivity contribution is 0.124. The van der Waals surface area contributed by atoms with Gasteiger partial charge in [-0.05, 0) is 17.7 Å². The summed E-state index contributed by atoms with van der Waals surface area (Å²) in [4.78, 5) is 9.27. The molecule has 0 aliphatic heterocycles. The van der Waals surface area contributed by atoms with E-state index in [1.165, 1.54) is 4.70 Å². The van der Waals surface area contributed by atoms with Crippen LogP contribution in [0, 0.1) is 0 Å². The van der Waals surface area contributed by atoms with Gasteiger partial charge in [0.2, 0.25) is 0 Å². The summed E-state index contributed by atoms with van der Waals surface area (Å²) in [6.45, 7) is 6.97. The van der Waals surface area contributed by atoms with Gasteiger partial charge < -0.3 is 0 Å². The molecule has 0 aliphatic rings. The van der Waals surface area contributed by atoms with Crippen molar-refractivity contribution in [3.63, 3.8) is 0 Å². The molecule has 0 atom stereocenters.